The van der Waals surface area contributed by atoms with Gasteiger partial charge < -0.3 is 14.5 Å². The minimum Gasteiger partial charge on any atom is -0.477 e. The molecule has 0 saturated carbocycles. The highest BCUT2D eigenvalue weighted by atomic mass is 16.5. The summed E-state index contributed by atoms with van der Waals surface area (Å²) in [7, 11) is 0. The maximum atomic E-state index is 12.9. The summed E-state index contributed by atoms with van der Waals surface area (Å²) in [5.41, 5.74) is 1.77. The topological polar surface area (TPSA) is 76.4 Å². The lowest BCUT2D eigenvalue weighted by Gasteiger charge is -2.35. The maximum absolute atomic E-state index is 12.9. The van der Waals surface area contributed by atoms with E-state index in [-0.39, 0.29) is 5.91 Å². The van der Waals surface area contributed by atoms with Gasteiger partial charge in [0, 0.05) is 38.4 Å². The third-order valence-electron chi connectivity index (χ3n) is 5.15. The Bertz CT molecular complexity index is 996. The zero-order chi connectivity index (χ0) is 21.6. The van der Waals surface area contributed by atoms with E-state index in [9.17, 15) is 4.79 Å². The molecular weight excluding hydrogens is 392 g/mol. The first-order valence-corrected chi connectivity index (χ1v) is 10.6. The molecule has 8 heteroatoms. The highest BCUT2D eigenvalue weighted by Crippen LogP contribution is 2.19. The first-order valence-electron chi connectivity index (χ1n) is 10.6. The molecule has 0 bridgehead atoms. The Morgan fingerprint density at radius 2 is 1.87 bits per heavy atom. The lowest BCUT2D eigenvalue weighted by molar-refractivity contribution is 0.0746. The number of amides is 1. The summed E-state index contributed by atoms with van der Waals surface area (Å²) in [6, 6.07) is 12.0. The summed E-state index contributed by atoms with van der Waals surface area (Å²) in [6.07, 6.45) is 5.01. The van der Waals surface area contributed by atoms with Gasteiger partial charge in [0.05, 0.1) is 24.9 Å². The average Bonchev–Trinajstić information content (AvgIpc) is 3.26. The summed E-state index contributed by atoms with van der Waals surface area (Å²) in [5, 5.41) is 4.36. The first-order chi connectivity index (χ1) is 15.1. The third kappa shape index (κ3) is 5.39. The van der Waals surface area contributed by atoms with Crippen molar-refractivity contribution in [3.8, 4) is 5.88 Å². The number of benzene rings is 1. The van der Waals surface area contributed by atoms with Crippen LogP contribution in [0.2, 0.25) is 0 Å². The second kappa shape index (κ2) is 9.59. The van der Waals surface area contributed by atoms with Gasteiger partial charge in [0.2, 0.25) is 5.88 Å². The fourth-order valence-corrected chi connectivity index (χ4v) is 3.49. The fraction of sp³-hybridized carbons (Fsp3) is 0.391. The minimum atomic E-state index is 0.0163. The van der Waals surface area contributed by atoms with E-state index in [1.165, 1.54) is 6.33 Å². The second-order valence-corrected chi connectivity index (χ2v) is 8.11. The lowest BCUT2D eigenvalue weighted by atomic mass is 10.2. The van der Waals surface area contributed by atoms with Gasteiger partial charge in [-0.2, -0.15) is 5.10 Å². The van der Waals surface area contributed by atoms with Crippen LogP contribution in [0.25, 0.3) is 0 Å². The molecule has 0 radical (unpaired) electrons. The van der Waals surface area contributed by atoms with Crippen molar-refractivity contribution in [3.63, 3.8) is 0 Å². The number of rotatable bonds is 7. The molecule has 162 valence electrons. The van der Waals surface area contributed by atoms with E-state index in [0.717, 1.165) is 11.4 Å². The molecule has 0 atom stereocenters. The Labute approximate surface area is 182 Å². The van der Waals surface area contributed by atoms with Crippen LogP contribution in [0.3, 0.4) is 0 Å². The molecule has 0 aliphatic carbocycles. The predicted octanol–water partition coefficient (Wildman–Crippen LogP) is 2.72. The maximum Gasteiger partial charge on any atom is 0.257 e. The van der Waals surface area contributed by atoms with Gasteiger partial charge in [0.1, 0.15) is 12.1 Å². The summed E-state index contributed by atoms with van der Waals surface area (Å²) in [6.45, 7) is 8.17. The van der Waals surface area contributed by atoms with E-state index in [4.69, 9.17) is 4.74 Å². The molecule has 1 fully saturated rings. The van der Waals surface area contributed by atoms with E-state index < -0.39 is 0 Å². The molecule has 31 heavy (non-hydrogen) atoms. The van der Waals surface area contributed by atoms with E-state index in [0.29, 0.717) is 56.7 Å². The number of hydrogen-bond acceptors (Lipinski definition) is 6. The van der Waals surface area contributed by atoms with E-state index in [1.54, 1.807) is 10.9 Å². The number of carbonyl (C=O) groups is 1. The van der Waals surface area contributed by atoms with Crippen LogP contribution >= 0.6 is 0 Å². The van der Waals surface area contributed by atoms with Crippen LogP contribution in [0.5, 0.6) is 5.88 Å². The van der Waals surface area contributed by atoms with Crippen LogP contribution in [0.4, 0.5) is 5.82 Å². The van der Waals surface area contributed by atoms with Crippen LogP contribution in [-0.4, -0.2) is 63.3 Å². The first kappa shape index (κ1) is 20.8. The van der Waals surface area contributed by atoms with Crippen molar-refractivity contribution in [2.45, 2.75) is 20.4 Å². The quantitative estimate of drug-likeness (QED) is 0.585. The summed E-state index contributed by atoms with van der Waals surface area (Å²) in [5.74, 6) is 1.87. The standard InChI is InChI=1S/C23H28N6O2/c1-18(2)16-31-22-12-21(24-17-25-22)27-8-10-28(11-9-27)23(30)20-13-26-29(15-20)14-19-6-4-3-5-7-19/h3-7,12-13,15,17-18H,8-11,14,16H2,1-2H3. The molecule has 0 N–H and O–H groups in total. The molecule has 0 unspecified atom stereocenters. The van der Waals surface area contributed by atoms with Gasteiger partial charge in [0.25, 0.3) is 5.91 Å². The van der Waals surface area contributed by atoms with Crippen LogP contribution in [0, 0.1) is 5.92 Å². The molecule has 1 saturated heterocycles. The molecule has 3 heterocycles. The molecule has 1 aliphatic heterocycles. The largest absolute Gasteiger partial charge is 0.477 e. The molecule has 4 rings (SSSR count). The normalized spacial score (nSPS) is 14.2. The number of anilines is 1. The molecule has 1 aromatic carbocycles. The number of nitrogens with zero attached hydrogens (tertiary/aromatic N) is 6. The molecular formula is C23H28N6O2. The van der Waals surface area contributed by atoms with E-state index in [2.05, 4.69) is 45.9 Å². The van der Waals surface area contributed by atoms with Crippen molar-refractivity contribution in [3.05, 3.63) is 66.2 Å². The fourth-order valence-electron chi connectivity index (χ4n) is 3.49. The Morgan fingerprint density at radius 1 is 1.10 bits per heavy atom. The van der Waals surface area contributed by atoms with Crippen LogP contribution < -0.4 is 9.64 Å². The average molecular weight is 421 g/mol. The zero-order valence-corrected chi connectivity index (χ0v) is 18.0. The van der Waals surface area contributed by atoms with E-state index in [1.807, 2.05) is 35.4 Å². The Hall–Kier alpha value is -3.42. The number of ether oxygens (including phenoxy) is 1. The van der Waals surface area contributed by atoms with Gasteiger partial charge >= 0.3 is 0 Å². The van der Waals surface area contributed by atoms with E-state index >= 15 is 0 Å². The highest BCUT2D eigenvalue weighted by molar-refractivity contribution is 5.93. The zero-order valence-electron chi connectivity index (χ0n) is 18.0. The lowest BCUT2D eigenvalue weighted by Crippen LogP contribution is -2.49. The van der Waals surface area contributed by atoms with Gasteiger partial charge in [-0.1, -0.05) is 44.2 Å². The molecule has 1 amide bonds. The van der Waals surface area contributed by atoms with Crippen molar-refractivity contribution in [1.82, 2.24) is 24.6 Å². The smallest absolute Gasteiger partial charge is 0.257 e. The Morgan fingerprint density at radius 3 is 2.61 bits per heavy atom. The van der Waals surface area contributed by atoms with Crippen LogP contribution in [0.1, 0.15) is 29.8 Å². The SMILES string of the molecule is CC(C)COc1cc(N2CCN(C(=O)c3cnn(Cc4ccccc4)c3)CC2)ncn1. The highest BCUT2D eigenvalue weighted by Gasteiger charge is 2.24. The van der Waals surface area contributed by atoms with Crippen LogP contribution in [-0.2, 0) is 6.54 Å². The van der Waals surface area contributed by atoms with Crippen molar-refractivity contribution < 1.29 is 9.53 Å². The molecule has 0 spiro atoms. The summed E-state index contributed by atoms with van der Waals surface area (Å²) < 4.78 is 7.51. The van der Waals surface area contributed by atoms with Crippen LogP contribution in [0.15, 0.2) is 55.1 Å². The van der Waals surface area contributed by atoms with Gasteiger partial charge in [0.15, 0.2) is 0 Å². The van der Waals surface area contributed by atoms with Crippen molar-refractivity contribution in [1.29, 1.82) is 0 Å². The van der Waals surface area contributed by atoms with Crippen molar-refractivity contribution in [2.75, 3.05) is 37.7 Å². The molecule has 8 nitrogen and oxygen atoms in total. The monoisotopic (exact) mass is 420 g/mol. The molecule has 1 aliphatic rings. The van der Waals surface area contributed by atoms with Gasteiger partial charge in [-0.15, -0.1) is 0 Å². The Balaban J connectivity index is 1.33. The summed E-state index contributed by atoms with van der Waals surface area (Å²) in [4.78, 5) is 25.5. The minimum absolute atomic E-state index is 0.0163. The van der Waals surface area contributed by atoms with Gasteiger partial charge in [-0.05, 0) is 11.5 Å². The predicted molar refractivity (Wildman–Crippen MR) is 118 cm³/mol. The summed E-state index contributed by atoms with van der Waals surface area (Å²) >= 11 is 0. The molecule has 2 aromatic heterocycles. The van der Waals surface area contributed by atoms with Crippen molar-refractivity contribution in [2.24, 2.45) is 5.92 Å². The van der Waals surface area contributed by atoms with Gasteiger partial charge in [-0.25, -0.2) is 9.97 Å². The second-order valence-electron chi connectivity index (χ2n) is 8.11. The molecule has 3 aromatic rings. The number of aromatic nitrogens is 4. The number of piperazine rings is 1. The number of carbonyl (C=O) groups excluding carboxylic acids is 1. The van der Waals surface area contributed by atoms with Crippen molar-refractivity contribution >= 4 is 11.7 Å². The number of hydrogen-bond donors (Lipinski definition) is 0. The van der Waals surface area contributed by atoms with Gasteiger partial charge in [-0.3, -0.25) is 9.48 Å². The Kier molecular flexibility index (Phi) is 6.45. The third-order valence-corrected chi connectivity index (χ3v) is 5.15.